The molecule has 0 bridgehead atoms. The Balaban J connectivity index is 2.29. The van der Waals surface area contributed by atoms with E-state index in [1.165, 1.54) is 11.8 Å². The maximum Gasteiger partial charge on any atom is 0.232 e. The average molecular weight is 322 g/mol. The zero-order chi connectivity index (χ0) is 15.4. The number of carbonyl (C=O) groups excluding carboxylic acids is 1. The molecule has 1 heterocycles. The van der Waals surface area contributed by atoms with Crippen LogP contribution >= 0.6 is 23.4 Å². The number of aromatic nitrogens is 2. The summed E-state index contributed by atoms with van der Waals surface area (Å²) >= 11 is 7.58. The van der Waals surface area contributed by atoms with Crippen molar-refractivity contribution >= 4 is 29.3 Å². The van der Waals surface area contributed by atoms with Gasteiger partial charge in [-0.3, -0.25) is 4.79 Å². The van der Waals surface area contributed by atoms with Crippen LogP contribution in [0.5, 0.6) is 0 Å². The van der Waals surface area contributed by atoms with E-state index in [9.17, 15) is 4.79 Å². The van der Waals surface area contributed by atoms with E-state index in [0.29, 0.717) is 27.3 Å². The van der Waals surface area contributed by atoms with Crippen LogP contribution < -0.4 is 0 Å². The fourth-order valence-corrected chi connectivity index (χ4v) is 2.80. The normalized spacial score (nSPS) is 10.5. The summed E-state index contributed by atoms with van der Waals surface area (Å²) in [6.07, 6.45) is 0. The van der Waals surface area contributed by atoms with Gasteiger partial charge in [0.15, 0.2) is 5.82 Å². The van der Waals surface area contributed by atoms with Crippen LogP contribution in [0, 0.1) is 6.92 Å². The van der Waals surface area contributed by atoms with Gasteiger partial charge in [-0.25, -0.2) is 9.97 Å². The van der Waals surface area contributed by atoms with Gasteiger partial charge in [0.25, 0.3) is 0 Å². The Morgan fingerprint density at radius 1 is 1.24 bits per heavy atom. The van der Waals surface area contributed by atoms with E-state index < -0.39 is 0 Å². The molecule has 0 saturated carbocycles. The first-order valence-corrected chi connectivity index (χ1v) is 7.78. The van der Waals surface area contributed by atoms with Gasteiger partial charge in [0.2, 0.25) is 5.91 Å². The maximum atomic E-state index is 11.7. The van der Waals surface area contributed by atoms with Crippen molar-refractivity contribution in [2.24, 2.45) is 0 Å². The van der Waals surface area contributed by atoms with Crippen molar-refractivity contribution in [3.8, 4) is 11.4 Å². The van der Waals surface area contributed by atoms with Crippen LogP contribution in [0.4, 0.5) is 0 Å². The van der Waals surface area contributed by atoms with Gasteiger partial charge in [-0.1, -0.05) is 53.7 Å². The molecule has 0 saturated heterocycles. The molecule has 0 N–H and O–H groups in total. The Morgan fingerprint density at radius 3 is 2.52 bits per heavy atom. The van der Waals surface area contributed by atoms with E-state index in [1.54, 1.807) is 19.0 Å². The van der Waals surface area contributed by atoms with Crippen molar-refractivity contribution < 1.29 is 4.79 Å². The topological polar surface area (TPSA) is 46.1 Å². The smallest absolute Gasteiger partial charge is 0.232 e. The monoisotopic (exact) mass is 321 g/mol. The van der Waals surface area contributed by atoms with Crippen LogP contribution in [0.3, 0.4) is 0 Å². The Labute approximate surface area is 133 Å². The molecule has 4 nitrogen and oxygen atoms in total. The fraction of sp³-hybridized carbons (Fsp3) is 0.267. The molecule has 0 spiro atoms. The van der Waals surface area contributed by atoms with Gasteiger partial charge in [0, 0.05) is 19.7 Å². The summed E-state index contributed by atoms with van der Waals surface area (Å²) < 4.78 is 0. The predicted octanol–water partition coefficient (Wildman–Crippen LogP) is 3.29. The number of hydrogen-bond acceptors (Lipinski definition) is 4. The molecule has 21 heavy (non-hydrogen) atoms. The molecule has 6 heteroatoms. The number of aryl methyl sites for hydroxylation is 1. The van der Waals surface area contributed by atoms with Crippen LogP contribution in [0.15, 0.2) is 35.4 Å². The summed E-state index contributed by atoms with van der Waals surface area (Å²) in [4.78, 5) is 22.1. The van der Waals surface area contributed by atoms with Crippen molar-refractivity contribution in [3.05, 3.63) is 41.0 Å². The number of thioether (sulfide) groups is 1. The predicted molar refractivity (Wildman–Crippen MR) is 86.6 cm³/mol. The molecule has 2 aromatic rings. The lowest BCUT2D eigenvalue weighted by Crippen LogP contribution is -2.23. The van der Waals surface area contributed by atoms with Gasteiger partial charge in [0.1, 0.15) is 5.03 Å². The number of carbonyl (C=O) groups is 1. The summed E-state index contributed by atoms with van der Waals surface area (Å²) in [5.74, 6) is 0.947. The van der Waals surface area contributed by atoms with Crippen molar-refractivity contribution in [1.82, 2.24) is 14.9 Å². The van der Waals surface area contributed by atoms with Gasteiger partial charge in [-0.15, -0.1) is 0 Å². The van der Waals surface area contributed by atoms with Gasteiger partial charge in [0.05, 0.1) is 16.5 Å². The first-order valence-electron chi connectivity index (χ1n) is 6.41. The molecular formula is C15H16ClN3OS. The second kappa shape index (κ2) is 6.91. The Morgan fingerprint density at radius 2 is 1.90 bits per heavy atom. The van der Waals surface area contributed by atoms with E-state index in [2.05, 4.69) is 9.97 Å². The second-order valence-corrected chi connectivity index (χ2v) is 6.04. The van der Waals surface area contributed by atoms with Crippen LogP contribution in [0.1, 0.15) is 5.69 Å². The van der Waals surface area contributed by atoms with Crippen LogP contribution in [-0.4, -0.2) is 40.6 Å². The number of nitrogens with zero attached hydrogens (tertiary/aromatic N) is 3. The molecule has 0 fully saturated rings. The van der Waals surface area contributed by atoms with Gasteiger partial charge in [-0.2, -0.15) is 0 Å². The largest absolute Gasteiger partial charge is 0.348 e. The average Bonchev–Trinajstić information content (AvgIpc) is 2.49. The highest BCUT2D eigenvalue weighted by atomic mass is 35.5. The quantitative estimate of drug-likeness (QED) is 0.640. The van der Waals surface area contributed by atoms with E-state index in [1.807, 2.05) is 37.3 Å². The molecule has 0 aliphatic rings. The highest BCUT2D eigenvalue weighted by Gasteiger charge is 2.14. The highest BCUT2D eigenvalue weighted by Crippen LogP contribution is 2.29. The first kappa shape index (κ1) is 15.8. The maximum absolute atomic E-state index is 11.7. The zero-order valence-electron chi connectivity index (χ0n) is 12.1. The van der Waals surface area contributed by atoms with Crippen LogP contribution in [0.25, 0.3) is 11.4 Å². The fourth-order valence-electron chi connectivity index (χ4n) is 1.60. The van der Waals surface area contributed by atoms with Crippen molar-refractivity contribution in [2.75, 3.05) is 19.8 Å². The second-order valence-electron chi connectivity index (χ2n) is 4.69. The summed E-state index contributed by atoms with van der Waals surface area (Å²) in [7, 11) is 3.45. The molecule has 1 aromatic heterocycles. The Kier molecular flexibility index (Phi) is 5.20. The SMILES string of the molecule is Cc1nc(-c2ccccc2)nc(SCC(=O)N(C)C)c1Cl. The minimum Gasteiger partial charge on any atom is -0.348 e. The third kappa shape index (κ3) is 3.95. The third-order valence-corrected chi connectivity index (χ3v) is 4.37. The van der Waals surface area contributed by atoms with Crippen molar-refractivity contribution in [2.45, 2.75) is 11.9 Å². The lowest BCUT2D eigenvalue weighted by atomic mass is 10.2. The van der Waals surface area contributed by atoms with Crippen LogP contribution in [-0.2, 0) is 4.79 Å². The number of amides is 1. The van der Waals surface area contributed by atoms with Gasteiger partial charge in [-0.05, 0) is 6.92 Å². The molecule has 0 unspecified atom stereocenters. The molecule has 1 amide bonds. The lowest BCUT2D eigenvalue weighted by Gasteiger charge is -2.11. The minimum absolute atomic E-state index is 0.0218. The van der Waals surface area contributed by atoms with E-state index in [-0.39, 0.29) is 5.91 Å². The number of rotatable bonds is 4. The molecule has 110 valence electrons. The molecular weight excluding hydrogens is 306 g/mol. The first-order chi connectivity index (χ1) is 9.99. The number of halogens is 1. The molecule has 0 aliphatic heterocycles. The molecule has 0 aliphatic carbocycles. The Hall–Kier alpha value is -1.59. The Bertz CT molecular complexity index is 647. The van der Waals surface area contributed by atoms with E-state index >= 15 is 0 Å². The lowest BCUT2D eigenvalue weighted by molar-refractivity contribution is -0.125. The summed E-state index contributed by atoms with van der Waals surface area (Å²) in [6.45, 7) is 1.84. The summed E-state index contributed by atoms with van der Waals surface area (Å²) in [6, 6.07) is 9.71. The zero-order valence-corrected chi connectivity index (χ0v) is 13.7. The van der Waals surface area contributed by atoms with Crippen LogP contribution in [0.2, 0.25) is 5.02 Å². The summed E-state index contributed by atoms with van der Waals surface area (Å²) in [5.41, 5.74) is 1.64. The third-order valence-electron chi connectivity index (χ3n) is 2.85. The summed E-state index contributed by atoms with van der Waals surface area (Å²) in [5, 5.41) is 1.14. The van der Waals surface area contributed by atoms with E-state index in [4.69, 9.17) is 11.6 Å². The number of benzene rings is 1. The molecule has 2 rings (SSSR count). The minimum atomic E-state index is 0.0218. The van der Waals surface area contributed by atoms with Gasteiger partial charge < -0.3 is 4.90 Å². The van der Waals surface area contributed by atoms with Crippen molar-refractivity contribution in [3.63, 3.8) is 0 Å². The molecule has 0 atom stereocenters. The number of hydrogen-bond donors (Lipinski definition) is 0. The molecule has 0 radical (unpaired) electrons. The van der Waals surface area contributed by atoms with E-state index in [0.717, 1.165) is 5.56 Å². The molecule has 1 aromatic carbocycles. The van der Waals surface area contributed by atoms with Gasteiger partial charge >= 0.3 is 0 Å². The highest BCUT2D eigenvalue weighted by molar-refractivity contribution is 8.00. The van der Waals surface area contributed by atoms with Crippen molar-refractivity contribution in [1.29, 1.82) is 0 Å². The standard InChI is InChI=1S/C15H16ClN3OS/c1-10-13(16)15(21-9-12(20)19(2)3)18-14(17-10)11-7-5-4-6-8-11/h4-8H,9H2,1-3H3.